The van der Waals surface area contributed by atoms with Crippen LogP contribution in [0.1, 0.15) is 84.5 Å². The first-order valence-corrected chi connectivity index (χ1v) is 12.7. The maximum Gasteiger partial charge on any atom is 0.150 e. The fourth-order valence-corrected chi connectivity index (χ4v) is 3.35. The lowest BCUT2D eigenvalue weighted by Crippen LogP contribution is -1.83. The van der Waals surface area contributed by atoms with Gasteiger partial charge in [0.1, 0.15) is 12.6 Å². The van der Waals surface area contributed by atoms with Gasteiger partial charge >= 0.3 is 0 Å². The van der Waals surface area contributed by atoms with Crippen molar-refractivity contribution in [1.29, 1.82) is 0 Å². The van der Waals surface area contributed by atoms with Crippen molar-refractivity contribution < 1.29 is 9.59 Å². The van der Waals surface area contributed by atoms with Crippen molar-refractivity contribution in [1.82, 2.24) is 0 Å². The van der Waals surface area contributed by atoms with Crippen molar-refractivity contribution >= 4 is 47.6 Å². The van der Waals surface area contributed by atoms with E-state index in [4.69, 9.17) is 0 Å². The van der Waals surface area contributed by atoms with Gasteiger partial charge in [0.25, 0.3) is 0 Å². The molecule has 0 bridgehead atoms. The average molecular weight is 479 g/mol. The van der Waals surface area contributed by atoms with Crippen LogP contribution in [0, 0.1) is 0 Å². The molecule has 4 aromatic carbocycles. The Morgan fingerprint density at radius 2 is 0.861 bits per heavy atom. The summed E-state index contributed by atoms with van der Waals surface area (Å²) >= 11 is 0. The van der Waals surface area contributed by atoms with Crippen molar-refractivity contribution in [2.24, 2.45) is 0 Å². The van der Waals surface area contributed by atoms with Crippen LogP contribution in [0.5, 0.6) is 0 Å². The molecule has 2 heteroatoms. The summed E-state index contributed by atoms with van der Waals surface area (Å²) in [7, 11) is 0. The average Bonchev–Trinajstić information content (AvgIpc) is 2.98. The van der Waals surface area contributed by atoms with E-state index in [-0.39, 0.29) is 0 Å². The van der Waals surface area contributed by atoms with Crippen LogP contribution >= 0.6 is 0 Å². The van der Waals surface area contributed by atoms with Crippen LogP contribution in [0.2, 0.25) is 0 Å². The summed E-state index contributed by atoms with van der Waals surface area (Å²) in [5.74, 6) is 0. The smallest absolute Gasteiger partial charge is 0.150 e. The van der Waals surface area contributed by atoms with E-state index in [1.807, 2.05) is 108 Å². The number of carbonyl (C=O) groups is 2. The fourth-order valence-electron chi connectivity index (χ4n) is 3.35. The van der Waals surface area contributed by atoms with Gasteiger partial charge in [-0.1, -0.05) is 139 Å². The lowest BCUT2D eigenvalue weighted by atomic mass is 9.99. The number of hydrogen-bond acceptors (Lipinski definition) is 2. The summed E-state index contributed by atoms with van der Waals surface area (Å²) in [5.41, 5.74) is 5.66. The minimum absolute atomic E-state index is 0.672. The highest BCUT2D eigenvalue weighted by atomic mass is 16.1. The number of benzene rings is 4. The Kier molecular flexibility index (Phi) is 14.5. The Balaban J connectivity index is 0.00000101. The normalized spacial score (nSPS) is 9.94. The highest BCUT2D eigenvalue weighted by Gasteiger charge is 2.01. The molecule has 0 saturated carbocycles. The molecule has 186 valence electrons. The van der Waals surface area contributed by atoms with Crippen molar-refractivity contribution in [3.05, 3.63) is 118 Å². The highest BCUT2D eigenvalue weighted by molar-refractivity contribution is 5.95. The second-order valence-electron chi connectivity index (χ2n) is 7.07. The van der Waals surface area contributed by atoms with Gasteiger partial charge in [-0.15, -0.1) is 0 Å². The summed E-state index contributed by atoms with van der Waals surface area (Å²) in [5, 5.41) is 2.36. The lowest BCUT2D eigenvalue weighted by Gasteiger charge is -2.06. The molecule has 0 fully saturated rings. The third-order valence-electron chi connectivity index (χ3n) is 4.98. The summed E-state index contributed by atoms with van der Waals surface area (Å²) in [6, 6.07) is 27.7. The third-order valence-corrected chi connectivity index (χ3v) is 4.98. The van der Waals surface area contributed by atoms with Gasteiger partial charge in [0.2, 0.25) is 0 Å². The SMILES string of the molecule is CC.CC.CC.O=Cc1ccc(C=Cc2cc(C=Cc3ccc(C=O)cc3)c3ccccc3c2)cc1. The van der Waals surface area contributed by atoms with Gasteiger partial charge in [0, 0.05) is 11.1 Å². The maximum atomic E-state index is 10.8. The van der Waals surface area contributed by atoms with E-state index in [1.54, 1.807) is 0 Å². The predicted molar refractivity (Wildman–Crippen MR) is 160 cm³/mol. The second-order valence-corrected chi connectivity index (χ2v) is 7.07. The molecule has 0 heterocycles. The number of aldehydes is 2. The maximum absolute atomic E-state index is 10.8. The number of carbonyl (C=O) groups excluding carboxylic acids is 2. The molecule has 0 unspecified atom stereocenters. The molecule has 0 aliphatic rings. The first-order chi connectivity index (χ1) is 17.7. The minimum atomic E-state index is 0.672. The van der Waals surface area contributed by atoms with Crippen LogP contribution in [0.4, 0.5) is 0 Å². The molecule has 0 atom stereocenters. The topological polar surface area (TPSA) is 34.1 Å². The van der Waals surface area contributed by atoms with Gasteiger partial charge in [-0.3, -0.25) is 9.59 Å². The molecule has 0 aliphatic heterocycles. The monoisotopic (exact) mass is 478 g/mol. The van der Waals surface area contributed by atoms with Crippen LogP contribution in [-0.2, 0) is 0 Å². The zero-order chi connectivity index (χ0) is 26.8. The van der Waals surface area contributed by atoms with Gasteiger partial charge in [-0.05, 0) is 45.2 Å². The van der Waals surface area contributed by atoms with E-state index >= 15 is 0 Å². The van der Waals surface area contributed by atoms with Crippen molar-refractivity contribution in [2.75, 3.05) is 0 Å². The minimum Gasteiger partial charge on any atom is -0.298 e. The molecular formula is C34H38O2. The highest BCUT2D eigenvalue weighted by Crippen LogP contribution is 2.24. The standard InChI is InChI=1S/C28H20O2.3C2H6/c29-19-23-10-5-21(6-11-23)9-14-25-17-26-3-1-2-4-28(26)27(18-25)16-15-22-7-12-24(20-30)13-8-22;3*1-2/h1-20H;3*1-2H3. The van der Waals surface area contributed by atoms with E-state index in [2.05, 4.69) is 42.5 Å². The summed E-state index contributed by atoms with van der Waals surface area (Å²) < 4.78 is 0. The quantitative estimate of drug-likeness (QED) is 0.204. The molecular weight excluding hydrogens is 440 g/mol. The first kappa shape index (κ1) is 30.0. The Bertz CT molecular complexity index is 1240. The van der Waals surface area contributed by atoms with Crippen LogP contribution in [0.15, 0.2) is 84.9 Å². The van der Waals surface area contributed by atoms with Gasteiger partial charge in [0.05, 0.1) is 0 Å². The molecule has 0 amide bonds. The Labute approximate surface area is 217 Å². The van der Waals surface area contributed by atoms with E-state index in [1.165, 1.54) is 10.8 Å². The summed E-state index contributed by atoms with van der Waals surface area (Å²) in [6.45, 7) is 12.0. The van der Waals surface area contributed by atoms with Gasteiger partial charge in [0.15, 0.2) is 0 Å². The molecule has 36 heavy (non-hydrogen) atoms. The van der Waals surface area contributed by atoms with Gasteiger partial charge in [-0.2, -0.15) is 0 Å². The van der Waals surface area contributed by atoms with E-state index in [0.717, 1.165) is 34.8 Å². The van der Waals surface area contributed by atoms with Crippen LogP contribution in [-0.4, -0.2) is 12.6 Å². The Morgan fingerprint density at radius 3 is 1.36 bits per heavy atom. The van der Waals surface area contributed by atoms with E-state index < -0.39 is 0 Å². The van der Waals surface area contributed by atoms with Crippen LogP contribution in [0.25, 0.3) is 35.1 Å². The third kappa shape index (κ3) is 8.96. The summed E-state index contributed by atoms with van der Waals surface area (Å²) in [4.78, 5) is 21.7. The summed E-state index contributed by atoms with van der Waals surface area (Å²) in [6.07, 6.45) is 9.99. The van der Waals surface area contributed by atoms with Crippen molar-refractivity contribution in [3.8, 4) is 0 Å². The largest absolute Gasteiger partial charge is 0.298 e. The molecule has 0 N–H and O–H groups in total. The zero-order valence-corrected chi connectivity index (χ0v) is 22.4. The molecule has 0 aromatic heterocycles. The molecule has 4 aromatic rings. The first-order valence-electron chi connectivity index (χ1n) is 12.7. The van der Waals surface area contributed by atoms with E-state index in [0.29, 0.717) is 11.1 Å². The number of rotatable bonds is 6. The zero-order valence-electron chi connectivity index (χ0n) is 22.4. The van der Waals surface area contributed by atoms with Crippen molar-refractivity contribution in [2.45, 2.75) is 41.5 Å². The van der Waals surface area contributed by atoms with Crippen LogP contribution < -0.4 is 0 Å². The van der Waals surface area contributed by atoms with Crippen molar-refractivity contribution in [3.63, 3.8) is 0 Å². The Hall–Kier alpha value is -4.04. The molecule has 0 aliphatic carbocycles. The molecule has 4 rings (SSSR count). The molecule has 0 saturated heterocycles. The Morgan fingerprint density at radius 1 is 0.444 bits per heavy atom. The molecule has 2 nitrogen and oxygen atoms in total. The molecule has 0 radical (unpaired) electrons. The lowest BCUT2D eigenvalue weighted by molar-refractivity contribution is 0.111. The predicted octanol–water partition coefficient (Wildman–Crippen LogP) is 9.88. The van der Waals surface area contributed by atoms with Crippen LogP contribution in [0.3, 0.4) is 0 Å². The number of hydrogen-bond donors (Lipinski definition) is 0. The second kappa shape index (κ2) is 17.4. The van der Waals surface area contributed by atoms with Gasteiger partial charge in [-0.25, -0.2) is 0 Å². The number of fused-ring (bicyclic) bond motifs is 1. The van der Waals surface area contributed by atoms with Gasteiger partial charge < -0.3 is 0 Å². The van der Waals surface area contributed by atoms with E-state index in [9.17, 15) is 9.59 Å². The molecule has 0 spiro atoms. The fraction of sp³-hybridized carbons (Fsp3) is 0.176.